The van der Waals surface area contributed by atoms with E-state index in [0.29, 0.717) is 0 Å². The molecule has 0 aromatic carbocycles. The Morgan fingerprint density at radius 2 is 1.86 bits per heavy atom. The molecule has 0 unspecified atom stereocenters. The van der Waals surface area contributed by atoms with Crippen LogP contribution in [-0.4, -0.2) is 24.6 Å². The maximum absolute atomic E-state index is 7.33. The second kappa shape index (κ2) is 2.43. The van der Waals surface area contributed by atoms with Crippen molar-refractivity contribution in [2.45, 2.75) is 0 Å². The van der Waals surface area contributed by atoms with Crippen molar-refractivity contribution in [2.75, 3.05) is 24.6 Å². The van der Waals surface area contributed by atoms with Gasteiger partial charge in [0.25, 0.3) is 0 Å². The number of rotatable bonds is 0. The van der Waals surface area contributed by atoms with Crippen molar-refractivity contribution >= 4 is 10.7 Å². The summed E-state index contributed by atoms with van der Waals surface area (Å²) in [5.74, 6) is 2.29. The van der Waals surface area contributed by atoms with Crippen LogP contribution in [0, 0.1) is 4.78 Å². The van der Waals surface area contributed by atoms with Gasteiger partial charge in [-0.1, -0.05) is 0 Å². The predicted octanol–water partition coefficient (Wildman–Crippen LogP) is -0.565. The van der Waals surface area contributed by atoms with Gasteiger partial charge >= 0.3 is 0 Å². The van der Waals surface area contributed by atoms with E-state index in [0.717, 1.165) is 24.6 Å². The molecule has 0 aromatic rings. The van der Waals surface area contributed by atoms with Gasteiger partial charge < -0.3 is 10.1 Å². The second-order valence-electron chi connectivity index (χ2n) is 1.85. The predicted molar refractivity (Wildman–Crippen MR) is 35.5 cm³/mol. The van der Waals surface area contributed by atoms with E-state index in [1.807, 2.05) is 0 Å². The van der Waals surface area contributed by atoms with Gasteiger partial charge in [-0.25, -0.2) is 10.7 Å². The minimum absolute atomic E-state index is 0.606. The maximum Gasteiger partial charge on any atom is 0.00322 e. The van der Waals surface area contributed by atoms with E-state index in [1.54, 1.807) is 0 Å². The van der Waals surface area contributed by atoms with Crippen LogP contribution in [0.3, 0.4) is 0 Å². The molecule has 3 heteroatoms. The zero-order valence-electron chi connectivity index (χ0n) is 4.33. The van der Waals surface area contributed by atoms with Crippen LogP contribution in [0.4, 0.5) is 0 Å². The average molecular weight is 120 g/mol. The Morgan fingerprint density at radius 3 is 2.14 bits per heavy atom. The van der Waals surface area contributed by atoms with Gasteiger partial charge in [-0.3, -0.25) is 0 Å². The summed E-state index contributed by atoms with van der Waals surface area (Å²) >= 11 is 0. The van der Waals surface area contributed by atoms with Crippen molar-refractivity contribution < 1.29 is 0 Å². The summed E-state index contributed by atoms with van der Waals surface area (Å²) in [5, 5.41) is 3.22. The fourth-order valence-corrected chi connectivity index (χ4v) is 1.94. The van der Waals surface area contributed by atoms with E-state index in [4.69, 9.17) is 4.78 Å². The lowest BCUT2D eigenvalue weighted by molar-refractivity contribution is 0.751. The molecular weight excluding hydrogens is 108 g/mol. The van der Waals surface area contributed by atoms with Crippen molar-refractivity contribution in [3.8, 4) is 0 Å². The van der Waals surface area contributed by atoms with Gasteiger partial charge in [-0.05, 0) is 11.5 Å². The minimum atomic E-state index is -0.606. The summed E-state index contributed by atoms with van der Waals surface area (Å²) in [6, 6.07) is 0. The molecule has 0 saturated carbocycles. The molecule has 0 radical (unpaired) electrons. The molecule has 0 aliphatic carbocycles. The summed E-state index contributed by atoms with van der Waals surface area (Å²) in [6.45, 7) is 2.19. The molecule has 0 bridgehead atoms. The van der Waals surface area contributed by atoms with Crippen LogP contribution in [0.1, 0.15) is 0 Å². The Bertz CT molecular complexity index is 73.8. The molecule has 1 saturated heterocycles. The molecule has 1 heterocycles. The fourth-order valence-electron chi connectivity index (χ4n) is 0.729. The number of hydrogen-bond acceptors (Lipinski definition) is 2. The zero-order valence-corrected chi connectivity index (χ0v) is 5.33. The maximum atomic E-state index is 7.33. The van der Waals surface area contributed by atoms with Crippen molar-refractivity contribution in [2.24, 2.45) is 0 Å². The molecule has 0 amide bonds. The summed E-state index contributed by atoms with van der Waals surface area (Å²) < 4.78 is 7.33. The molecule has 2 nitrogen and oxygen atoms in total. The second-order valence-corrected chi connectivity index (χ2v) is 4.06. The average Bonchev–Trinajstić information content (AvgIpc) is 1.69. The molecule has 44 valence electrons. The normalized spacial score (nSPS) is 27.7. The minimum Gasteiger partial charge on any atom is -0.315 e. The first-order valence-corrected chi connectivity index (χ1v) is 4.58. The first-order chi connectivity index (χ1) is 3.39. The Kier molecular flexibility index (Phi) is 1.82. The lowest BCUT2D eigenvalue weighted by Gasteiger charge is -2.15. The third kappa shape index (κ3) is 1.57. The van der Waals surface area contributed by atoms with Crippen LogP contribution in [0.25, 0.3) is 0 Å². The van der Waals surface area contributed by atoms with Gasteiger partial charge in [-0.2, -0.15) is 0 Å². The summed E-state index contributed by atoms with van der Waals surface area (Å²) in [7, 11) is -0.606. The van der Waals surface area contributed by atoms with Gasteiger partial charge in [0.1, 0.15) is 0 Å². The van der Waals surface area contributed by atoms with Crippen molar-refractivity contribution in [1.82, 2.24) is 5.32 Å². The van der Waals surface area contributed by atoms with Crippen LogP contribution in [0.5, 0.6) is 0 Å². The van der Waals surface area contributed by atoms with Crippen LogP contribution in [0.2, 0.25) is 0 Å². The van der Waals surface area contributed by atoms with E-state index < -0.39 is 10.7 Å². The molecular formula is C4H12N2S. The van der Waals surface area contributed by atoms with Crippen LogP contribution < -0.4 is 5.32 Å². The number of nitrogens with one attached hydrogen (secondary N) is 2. The molecule has 1 rings (SSSR count). The highest BCUT2D eigenvalue weighted by Crippen LogP contribution is 1.86. The Labute approximate surface area is 46.2 Å². The van der Waals surface area contributed by atoms with Gasteiger partial charge in [0, 0.05) is 13.1 Å². The zero-order chi connectivity index (χ0) is 5.11. The molecule has 0 spiro atoms. The highest BCUT2D eigenvalue weighted by molar-refractivity contribution is 7.86. The molecule has 0 aromatic heterocycles. The molecule has 1 aliphatic rings. The first-order valence-electron chi connectivity index (χ1n) is 2.66. The lowest BCUT2D eigenvalue weighted by atomic mass is 10.6. The van der Waals surface area contributed by atoms with E-state index in [2.05, 4.69) is 5.32 Å². The summed E-state index contributed by atoms with van der Waals surface area (Å²) in [6.07, 6.45) is 0. The topological polar surface area (TPSA) is 35.9 Å². The molecule has 7 heavy (non-hydrogen) atoms. The van der Waals surface area contributed by atoms with Gasteiger partial charge in [0.2, 0.25) is 0 Å². The Hall–Kier alpha value is 0.110. The van der Waals surface area contributed by atoms with Crippen molar-refractivity contribution in [1.29, 1.82) is 4.78 Å². The lowest BCUT2D eigenvalue weighted by Crippen LogP contribution is -2.31. The first kappa shape index (κ1) is 5.25. The van der Waals surface area contributed by atoms with Crippen molar-refractivity contribution in [3.05, 3.63) is 0 Å². The third-order valence-corrected chi connectivity index (χ3v) is 2.91. The highest BCUT2D eigenvalue weighted by atomic mass is 32.2. The third-order valence-electron chi connectivity index (χ3n) is 1.21. The molecule has 1 fully saturated rings. The van der Waals surface area contributed by atoms with E-state index in [-0.39, 0.29) is 0 Å². The quantitative estimate of drug-likeness (QED) is 0.441. The van der Waals surface area contributed by atoms with Crippen LogP contribution >= 0.6 is 0 Å². The Morgan fingerprint density at radius 1 is 1.29 bits per heavy atom. The number of hydrogen-bond donors (Lipinski definition) is 2. The SMILES string of the molecule is N=[SH2]1CCNCC1. The van der Waals surface area contributed by atoms with Gasteiger partial charge in [-0.15, -0.1) is 0 Å². The van der Waals surface area contributed by atoms with Gasteiger partial charge in [0.05, 0.1) is 0 Å². The van der Waals surface area contributed by atoms with Gasteiger partial charge in [0.15, 0.2) is 0 Å². The fraction of sp³-hybridized carbons (Fsp3) is 1.00. The van der Waals surface area contributed by atoms with Crippen LogP contribution in [-0.2, 0) is 10.7 Å². The van der Waals surface area contributed by atoms with E-state index >= 15 is 0 Å². The van der Waals surface area contributed by atoms with E-state index in [9.17, 15) is 0 Å². The Balaban J connectivity index is 2.25. The molecule has 0 atom stereocenters. The highest BCUT2D eigenvalue weighted by Gasteiger charge is 1.96. The van der Waals surface area contributed by atoms with Crippen molar-refractivity contribution in [3.63, 3.8) is 0 Å². The monoisotopic (exact) mass is 120 g/mol. The standard InChI is InChI=1S/C4H12N2S/c5-7-3-1-6-2-4-7/h5-6H,1-4,7H2. The van der Waals surface area contributed by atoms with E-state index in [1.165, 1.54) is 0 Å². The van der Waals surface area contributed by atoms with Crippen LogP contribution in [0.15, 0.2) is 0 Å². The molecule has 2 N–H and O–H groups in total. The largest absolute Gasteiger partial charge is 0.315 e. The smallest absolute Gasteiger partial charge is 0.00322 e. The summed E-state index contributed by atoms with van der Waals surface area (Å²) in [4.78, 5) is 0. The molecule has 1 aliphatic heterocycles. The summed E-state index contributed by atoms with van der Waals surface area (Å²) in [5.41, 5.74) is 0.